The Morgan fingerprint density at radius 1 is 0.427 bits per heavy atom. The summed E-state index contributed by atoms with van der Waals surface area (Å²) in [6.07, 6.45) is 41.9. The van der Waals surface area contributed by atoms with Crippen molar-refractivity contribution >= 4 is 35.6 Å². The summed E-state index contributed by atoms with van der Waals surface area (Å²) in [7, 11) is 0. The van der Waals surface area contributed by atoms with Crippen LogP contribution in [0.5, 0.6) is 0 Å². The van der Waals surface area contributed by atoms with E-state index in [1.807, 2.05) is 51.1 Å². The molecule has 12 nitrogen and oxygen atoms in total. The van der Waals surface area contributed by atoms with E-state index in [4.69, 9.17) is 9.47 Å². The first-order valence-electron chi connectivity index (χ1n) is 30.9. The number of unbranched alkanes of at least 4 members (excludes halogenated alkanes) is 33. The minimum Gasteiger partial charge on any atom is -0.460 e. The summed E-state index contributed by atoms with van der Waals surface area (Å²) in [5, 5.41) is 11.4. The van der Waals surface area contributed by atoms with Crippen LogP contribution >= 0.6 is 0 Å². The van der Waals surface area contributed by atoms with Crippen molar-refractivity contribution < 1.29 is 38.2 Å². The standard InChI is InChI=1S/C63H112N4O8/c1-6-8-10-12-14-16-18-20-22-24-28-32-36-43-49-64-58(69)51-55(61(72)65-50-44-37-33-29-25-23-21-19-17-15-13-11-9-7-2)66-59(70)52-56(62(73)74-53-54-45-39-38-40-46-54)67-57(68)47-41-34-30-26-27-31-35-42-48-60(71)75-63(3,4)5/h38-40,45-46,55-56H,6-37,41-44,47-53H2,1-5H3,(H,64,69)(H,65,72)(H,66,70)(H,67,68)/t55-,56-/m0/s1. The molecule has 0 unspecified atom stereocenters. The molecule has 0 aliphatic carbocycles. The first-order valence-corrected chi connectivity index (χ1v) is 30.9. The lowest BCUT2D eigenvalue weighted by Crippen LogP contribution is -2.51. The number of hydrogen-bond donors (Lipinski definition) is 4. The highest BCUT2D eigenvalue weighted by atomic mass is 16.6. The van der Waals surface area contributed by atoms with E-state index in [-0.39, 0.29) is 37.2 Å². The molecule has 0 aromatic heterocycles. The molecule has 0 aliphatic heterocycles. The third kappa shape index (κ3) is 44.8. The Morgan fingerprint density at radius 3 is 1.24 bits per heavy atom. The van der Waals surface area contributed by atoms with Crippen LogP contribution in [0.1, 0.15) is 297 Å². The van der Waals surface area contributed by atoms with E-state index in [1.165, 1.54) is 141 Å². The number of rotatable bonds is 51. The topological polar surface area (TPSA) is 169 Å². The maximum absolute atomic E-state index is 13.7. The maximum atomic E-state index is 13.7. The molecule has 12 heteroatoms. The Labute approximate surface area is 458 Å². The van der Waals surface area contributed by atoms with E-state index in [0.29, 0.717) is 25.9 Å². The summed E-state index contributed by atoms with van der Waals surface area (Å²) in [6, 6.07) is 6.75. The molecule has 0 heterocycles. The minimum atomic E-state index is -1.28. The van der Waals surface area contributed by atoms with Crippen LogP contribution in [0.4, 0.5) is 0 Å². The van der Waals surface area contributed by atoms with Crippen LogP contribution in [-0.4, -0.2) is 66.3 Å². The van der Waals surface area contributed by atoms with Gasteiger partial charge in [-0.25, -0.2) is 4.79 Å². The molecule has 4 N–H and O–H groups in total. The quantitative estimate of drug-likeness (QED) is 0.0369. The molecule has 1 aromatic rings. The summed E-state index contributed by atoms with van der Waals surface area (Å²) in [5.41, 5.74) is 0.299. The van der Waals surface area contributed by atoms with Crippen molar-refractivity contribution in [2.75, 3.05) is 13.1 Å². The fraction of sp³-hybridized carbons (Fsp3) is 0.810. The summed E-state index contributed by atoms with van der Waals surface area (Å²) in [6.45, 7) is 11.0. The highest BCUT2D eigenvalue weighted by molar-refractivity contribution is 5.94. The SMILES string of the molecule is CCCCCCCCCCCCCCCCNC(=O)C[C@H](NC(=O)C[C@H](NC(=O)CCCCCCCCCCC(=O)OC(C)(C)C)C(=O)OCc1ccccc1)C(=O)NCCCCCCCCCCCCCCCC. The van der Waals surface area contributed by atoms with Gasteiger partial charge in [0.2, 0.25) is 23.6 Å². The van der Waals surface area contributed by atoms with Crippen LogP contribution in [0, 0.1) is 0 Å². The molecular formula is C63H112N4O8. The molecule has 4 amide bonds. The fourth-order valence-corrected chi connectivity index (χ4v) is 9.40. The Bertz CT molecular complexity index is 1580. The second-order valence-corrected chi connectivity index (χ2v) is 22.5. The first kappa shape index (κ1) is 69.1. The van der Waals surface area contributed by atoms with Gasteiger partial charge in [0.1, 0.15) is 24.3 Å². The van der Waals surface area contributed by atoms with Crippen molar-refractivity contribution in [1.82, 2.24) is 21.3 Å². The third-order valence-corrected chi connectivity index (χ3v) is 13.9. The second-order valence-electron chi connectivity index (χ2n) is 22.5. The van der Waals surface area contributed by atoms with Gasteiger partial charge >= 0.3 is 11.9 Å². The Kier molecular flexibility index (Phi) is 44.6. The number of hydrogen-bond acceptors (Lipinski definition) is 8. The van der Waals surface area contributed by atoms with E-state index in [1.54, 1.807) is 0 Å². The molecule has 0 saturated heterocycles. The maximum Gasteiger partial charge on any atom is 0.329 e. The smallest absolute Gasteiger partial charge is 0.329 e. The van der Waals surface area contributed by atoms with Crippen molar-refractivity contribution in [3.05, 3.63) is 35.9 Å². The van der Waals surface area contributed by atoms with Crippen molar-refractivity contribution in [1.29, 1.82) is 0 Å². The Hall–Kier alpha value is -3.96. The van der Waals surface area contributed by atoms with Crippen molar-refractivity contribution in [3.63, 3.8) is 0 Å². The molecule has 2 atom stereocenters. The van der Waals surface area contributed by atoms with Gasteiger partial charge in [-0.2, -0.15) is 0 Å². The number of esters is 2. The molecule has 432 valence electrons. The van der Waals surface area contributed by atoms with Crippen LogP contribution in [0.2, 0.25) is 0 Å². The number of ether oxygens (including phenoxy) is 2. The second kappa shape index (κ2) is 48.4. The molecule has 0 spiro atoms. The monoisotopic (exact) mass is 1050 g/mol. The molecule has 0 aliphatic rings. The van der Waals surface area contributed by atoms with E-state index in [9.17, 15) is 28.8 Å². The summed E-state index contributed by atoms with van der Waals surface area (Å²) < 4.78 is 11.0. The van der Waals surface area contributed by atoms with Gasteiger partial charge < -0.3 is 30.7 Å². The van der Waals surface area contributed by atoms with Crippen LogP contribution < -0.4 is 21.3 Å². The van der Waals surface area contributed by atoms with E-state index < -0.39 is 41.9 Å². The van der Waals surface area contributed by atoms with Crippen molar-refractivity contribution in [3.8, 4) is 0 Å². The molecule has 0 saturated carbocycles. The zero-order valence-electron chi connectivity index (χ0n) is 48.7. The van der Waals surface area contributed by atoms with Gasteiger partial charge in [0.15, 0.2) is 0 Å². The normalized spacial score (nSPS) is 12.2. The van der Waals surface area contributed by atoms with Gasteiger partial charge in [0.05, 0.1) is 12.8 Å². The van der Waals surface area contributed by atoms with Crippen LogP contribution in [0.25, 0.3) is 0 Å². The number of nitrogens with one attached hydrogen (secondary N) is 4. The number of carbonyl (C=O) groups excluding carboxylic acids is 6. The molecule has 0 fully saturated rings. The van der Waals surface area contributed by atoms with Crippen LogP contribution in [0.3, 0.4) is 0 Å². The lowest BCUT2D eigenvalue weighted by Gasteiger charge is -2.21. The highest BCUT2D eigenvalue weighted by Crippen LogP contribution is 2.17. The number of benzene rings is 1. The number of amides is 4. The molecule has 75 heavy (non-hydrogen) atoms. The summed E-state index contributed by atoms with van der Waals surface area (Å²) in [5.74, 6) is -2.68. The zero-order chi connectivity index (χ0) is 54.9. The summed E-state index contributed by atoms with van der Waals surface area (Å²) in [4.78, 5) is 79.4. The Balaban J connectivity index is 2.72. The van der Waals surface area contributed by atoms with Crippen LogP contribution in [-0.2, 0) is 44.8 Å². The number of carbonyl (C=O) groups is 6. The lowest BCUT2D eigenvalue weighted by atomic mass is 10.0. The average Bonchev–Trinajstić information content (AvgIpc) is 3.37. The predicted molar refractivity (Wildman–Crippen MR) is 308 cm³/mol. The van der Waals surface area contributed by atoms with E-state index in [2.05, 4.69) is 35.1 Å². The van der Waals surface area contributed by atoms with Crippen LogP contribution in [0.15, 0.2) is 30.3 Å². The first-order chi connectivity index (χ1) is 36.3. The van der Waals surface area contributed by atoms with Crippen molar-refractivity contribution in [2.45, 2.75) is 316 Å². The van der Waals surface area contributed by atoms with Gasteiger partial charge in [0, 0.05) is 25.9 Å². The van der Waals surface area contributed by atoms with E-state index in [0.717, 1.165) is 89.0 Å². The summed E-state index contributed by atoms with van der Waals surface area (Å²) >= 11 is 0. The van der Waals surface area contributed by atoms with Gasteiger partial charge in [-0.15, -0.1) is 0 Å². The predicted octanol–water partition coefficient (Wildman–Crippen LogP) is 14.9. The van der Waals surface area contributed by atoms with E-state index >= 15 is 0 Å². The molecule has 0 radical (unpaired) electrons. The van der Waals surface area contributed by atoms with Gasteiger partial charge in [0.25, 0.3) is 0 Å². The van der Waals surface area contributed by atoms with Gasteiger partial charge in [-0.3, -0.25) is 24.0 Å². The zero-order valence-corrected chi connectivity index (χ0v) is 48.7. The van der Waals surface area contributed by atoms with Crippen molar-refractivity contribution in [2.24, 2.45) is 0 Å². The molecule has 1 aromatic carbocycles. The molecular weight excluding hydrogens is 941 g/mol. The largest absolute Gasteiger partial charge is 0.460 e. The minimum absolute atomic E-state index is 0.0293. The highest BCUT2D eigenvalue weighted by Gasteiger charge is 2.29. The lowest BCUT2D eigenvalue weighted by molar-refractivity contribution is -0.155. The van der Waals surface area contributed by atoms with Gasteiger partial charge in [-0.05, 0) is 52.0 Å². The Morgan fingerprint density at radius 2 is 0.800 bits per heavy atom. The molecule has 0 bridgehead atoms. The fourth-order valence-electron chi connectivity index (χ4n) is 9.40. The molecule has 1 rings (SSSR count). The van der Waals surface area contributed by atoms with Gasteiger partial charge in [-0.1, -0.05) is 250 Å². The third-order valence-electron chi connectivity index (χ3n) is 13.9. The average molecular weight is 1050 g/mol.